The minimum absolute atomic E-state index is 0.00656. The van der Waals surface area contributed by atoms with Gasteiger partial charge in [0.1, 0.15) is 5.75 Å². The minimum Gasteiger partial charge on any atom is -0.507 e. The number of para-hydroxylation sites is 1. The molecule has 4 rings (SSSR count). The van der Waals surface area contributed by atoms with E-state index in [1.807, 2.05) is 30.3 Å². The number of amides is 3. The van der Waals surface area contributed by atoms with Crippen LogP contribution < -0.4 is 5.32 Å². The standard InChI is InChI=1S/C24H27N3O4/c28-21-9-5-4-8-20(21)24(31)26-12-10-19(11-13-26)25-23(30)18-14-22(29)27(16-18)15-17-6-2-1-3-7-17/h1-9,18-19,28H,10-16H2,(H,25,30)/t18-/m0/s1. The first kappa shape index (κ1) is 20.9. The Bertz CT molecular complexity index is 954. The molecule has 0 radical (unpaired) electrons. The third-order valence-corrected chi connectivity index (χ3v) is 6.06. The lowest BCUT2D eigenvalue weighted by molar-refractivity contribution is -0.129. The maximum absolute atomic E-state index is 12.7. The smallest absolute Gasteiger partial charge is 0.257 e. The molecule has 0 aliphatic carbocycles. The molecule has 3 amide bonds. The molecule has 2 aliphatic rings. The van der Waals surface area contributed by atoms with Gasteiger partial charge in [0.05, 0.1) is 11.5 Å². The second-order valence-corrected chi connectivity index (χ2v) is 8.25. The van der Waals surface area contributed by atoms with Gasteiger partial charge in [-0.1, -0.05) is 42.5 Å². The molecule has 7 nitrogen and oxygen atoms in total. The second-order valence-electron chi connectivity index (χ2n) is 8.25. The highest BCUT2D eigenvalue weighted by Crippen LogP contribution is 2.23. The molecule has 2 aromatic rings. The van der Waals surface area contributed by atoms with Crippen LogP contribution in [0.4, 0.5) is 0 Å². The van der Waals surface area contributed by atoms with Crippen LogP contribution in [-0.4, -0.2) is 58.3 Å². The number of piperidine rings is 1. The number of hydrogen-bond acceptors (Lipinski definition) is 4. The number of rotatable bonds is 5. The molecular weight excluding hydrogens is 394 g/mol. The van der Waals surface area contributed by atoms with E-state index in [0.717, 1.165) is 5.56 Å². The molecule has 0 aromatic heterocycles. The van der Waals surface area contributed by atoms with Gasteiger partial charge in [0, 0.05) is 38.6 Å². The van der Waals surface area contributed by atoms with Gasteiger partial charge in [0.2, 0.25) is 11.8 Å². The summed E-state index contributed by atoms with van der Waals surface area (Å²) in [5.41, 5.74) is 1.35. The number of carbonyl (C=O) groups excluding carboxylic acids is 3. The first-order valence-corrected chi connectivity index (χ1v) is 10.7. The Balaban J connectivity index is 1.26. The number of likely N-dealkylation sites (tertiary alicyclic amines) is 2. The van der Waals surface area contributed by atoms with Crippen molar-refractivity contribution in [3.8, 4) is 5.75 Å². The van der Waals surface area contributed by atoms with Crippen LogP contribution in [0.2, 0.25) is 0 Å². The summed E-state index contributed by atoms with van der Waals surface area (Å²) in [6.07, 6.45) is 1.54. The molecule has 2 fully saturated rings. The monoisotopic (exact) mass is 421 g/mol. The molecule has 2 N–H and O–H groups in total. The Kier molecular flexibility index (Phi) is 6.21. The van der Waals surface area contributed by atoms with Crippen molar-refractivity contribution in [2.45, 2.75) is 31.8 Å². The van der Waals surface area contributed by atoms with Crippen LogP contribution in [0.5, 0.6) is 5.75 Å². The van der Waals surface area contributed by atoms with Crippen LogP contribution in [0.1, 0.15) is 35.2 Å². The van der Waals surface area contributed by atoms with Crippen LogP contribution in [0.25, 0.3) is 0 Å². The van der Waals surface area contributed by atoms with Crippen molar-refractivity contribution in [2.75, 3.05) is 19.6 Å². The zero-order valence-corrected chi connectivity index (χ0v) is 17.4. The maximum Gasteiger partial charge on any atom is 0.257 e. The Morgan fingerprint density at radius 3 is 2.39 bits per heavy atom. The van der Waals surface area contributed by atoms with E-state index in [0.29, 0.717) is 44.6 Å². The number of carbonyl (C=O) groups is 3. The Labute approximate surface area is 181 Å². The minimum atomic E-state index is -0.336. The van der Waals surface area contributed by atoms with Crippen molar-refractivity contribution < 1.29 is 19.5 Å². The van der Waals surface area contributed by atoms with Gasteiger partial charge in [0.15, 0.2) is 0 Å². The predicted octanol–water partition coefficient (Wildman–Crippen LogP) is 2.16. The molecule has 2 aliphatic heterocycles. The summed E-state index contributed by atoms with van der Waals surface area (Å²) in [5.74, 6) is -0.631. The van der Waals surface area contributed by atoms with Crippen molar-refractivity contribution in [1.82, 2.24) is 15.1 Å². The van der Waals surface area contributed by atoms with E-state index in [2.05, 4.69) is 5.32 Å². The number of hydrogen-bond donors (Lipinski definition) is 2. The summed E-state index contributed by atoms with van der Waals surface area (Å²) >= 11 is 0. The third-order valence-electron chi connectivity index (χ3n) is 6.06. The molecule has 2 saturated heterocycles. The van der Waals surface area contributed by atoms with Crippen molar-refractivity contribution in [2.24, 2.45) is 5.92 Å². The molecule has 2 heterocycles. The van der Waals surface area contributed by atoms with E-state index >= 15 is 0 Å². The van der Waals surface area contributed by atoms with E-state index in [-0.39, 0.29) is 41.9 Å². The quantitative estimate of drug-likeness (QED) is 0.774. The molecule has 162 valence electrons. The van der Waals surface area contributed by atoms with Gasteiger partial charge in [-0.25, -0.2) is 0 Å². The van der Waals surface area contributed by atoms with Crippen LogP contribution in [0.3, 0.4) is 0 Å². The summed E-state index contributed by atoms with van der Waals surface area (Å²) in [4.78, 5) is 41.1. The fourth-order valence-electron chi connectivity index (χ4n) is 4.28. The van der Waals surface area contributed by atoms with Gasteiger partial charge in [-0.3, -0.25) is 14.4 Å². The Morgan fingerprint density at radius 2 is 1.68 bits per heavy atom. The van der Waals surface area contributed by atoms with E-state index in [1.54, 1.807) is 28.0 Å². The highest BCUT2D eigenvalue weighted by atomic mass is 16.3. The third kappa shape index (κ3) is 4.87. The largest absolute Gasteiger partial charge is 0.507 e. The summed E-state index contributed by atoms with van der Waals surface area (Å²) in [7, 11) is 0. The zero-order chi connectivity index (χ0) is 21.8. The van der Waals surface area contributed by atoms with E-state index < -0.39 is 0 Å². The molecule has 0 bridgehead atoms. The lowest BCUT2D eigenvalue weighted by atomic mass is 10.0. The number of nitrogens with one attached hydrogen (secondary N) is 1. The predicted molar refractivity (Wildman–Crippen MR) is 115 cm³/mol. The lowest BCUT2D eigenvalue weighted by Gasteiger charge is -2.33. The average molecular weight is 421 g/mol. The normalized spacial score (nSPS) is 19.5. The topological polar surface area (TPSA) is 90.0 Å². The molecule has 0 spiro atoms. The van der Waals surface area contributed by atoms with Crippen LogP contribution in [0.15, 0.2) is 54.6 Å². The Hall–Kier alpha value is -3.35. The van der Waals surface area contributed by atoms with Gasteiger partial charge < -0.3 is 20.2 Å². The molecule has 2 aromatic carbocycles. The van der Waals surface area contributed by atoms with Crippen molar-refractivity contribution in [3.63, 3.8) is 0 Å². The van der Waals surface area contributed by atoms with E-state index in [1.165, 1.54) is 6.07 Å². The summed E-state index contributed by atoms with van der Waals surface area (Å²) in [6, 6.07) is 16.3. The summed E-state index contributed by atoms with van der Waals surface area (Å²) in [6.45, 7) is 1.99. The van der Waals surface area contributed by atoms with Gasteiger partial charge in [-0.15, -0.1) is 0 Å². The fraction of sp³-hybridized carbons (Fsp3) is 0.375. The number of nitrogens with zero attached hydrogens (tertiary/aromatic N) is 2. The van der Waals surface area contributed by atoms with Gasteiger partial charge >= 0.3 is 0 Å². The van der Waals surface area contributed by atoms with Gasteiger partial charge in [-0.2, -0.15) is 0 Å². The van der Waals surface area contributed by atoms with E-state index in [4.69, 9.17) is 0 Å². The SMILES string of the molecule is O=C(NC1CCN(C(=O)c2ccccc2O)CC1)[C@H]1CC(=O)N(Cc2ccccc2)C1. The molecular formula is C24H27N3O4. The maximum atomic E-state index is 12.7. The highest BCUT2D eigenvalue weighted by Gasteiger charge is 2.35. The molecule has 31 heavy (non-hydrogen) atoms. The first-order chi connectivity index (χ1) is 15.0. The average Bonchev–Trinajstić information content (AvgIpc) is 3.15. The van der Waals surface area contributed by atoms with Gasteiger partial charge in [0.25, 0.3) is 5.91 Å². The second kappa shape index (κ2) is 9.20. The summed E-state index contributed by atoms with van der Waals surface area (Å²) in [5, 5.41) is 13.0. The van der Waals surface area contributed by atoms with Crippen molar-refractivity contribution in [3.05, 3.63) is 65.7 Å². The van der Waals surface area contributed by atoms with Crippen molar-refractivity contribution >= 4 is 17.7 Å². The molecule has 7 heteroatoms. The van der Waals surface area contributed by atoms with Gasteiger partial charge in [-0.05, 0) is 30.5 Å². The van der Waals surface area contributed by atoms with Crippen LogP contribution in [0, 0.1) is 5.92 Å². The number of benzene rings is 2. The molecule has 0 unspecified atom stereocenters. The first-order valence-electron chi connectivity index (χ1n) is 10.7. The highest BCUT2D eigenvalue weighted by molar-refractivity contribution is 5.96. The van der Waals surface area contributed by atoms with E-state index in [9.17, 15) is 19.5 Å². The molecule has 0 saturated carbocycles. The number of aromatic hydroxyl groups is 1. The summed E-state index contributed by atoms with van der Waals surface area (Å²) < 4.78 is 0. The lowest BCUT2D eigenvalue weighted by Crippen LogP contribution is -2.48. The Morgan fingerprint density at radius 1 is 1.00 bits per heavy atom. The van der Waals surface area contributed by atoms with Crippen LogP contribution in [-0.2, 0) is 16.1 Å². The number of phenolic OH excluding ortho intramolecular Hbond substituents is 1. The molecule has 1 atom stereocenters. The zero-order valence-electron chi connectivity index (χ0n) is 17.4. The van der Waals surface area contributed by atoms with Crippen LogP contribution >= 0.6 is 0 Å². The van der Waals surface area contributed by atoms with Crippen molar-refractivity contribution in [1.29, 1.82) is 0 Å². The fourth-order valence-corrected chi connectivity index (χ4v) is 4.28. The number of phenols is 1.